The number of anilines is 1. The highest BCUT2D eigenvalue weighted by Crippen LogP contribution is 2.17. The molecular formula is C16H19N5O2S. The Morgan fingerprint density at radius 3 is 2.62 bits per heavy atom. The van der Waals surface area contributed by atoms with Crippen LogP contribution in [0.3, 0.4) is 0 Å². The molecule has 0 fully saturated rings. The van der Waals surface area contributed by atoms with Gasteiger partial charge in [-0.25, -0.2) is 14.8 Å². The Kier molecular flexibility index (Phi) is 4.48. The molecule has 3 N–H and O–H groups in total. The van der Waals surface area contributed by atoms with E-state index in [2.05, 4.69) is 15.0 Å². The number of aromatic nitrogens is 4. The predicted molar refractivity (Wildman–Crippen MR) is 94.4 cm³/mol. The summed E-state index contributed by atoms with van der Waals surface area (Å²) in [6.07, 6.45) is 0.747. The number of aromatic amines is 1. The second-order valence-corrected chi connectivity index (χ2v) is 7.11. The molecule has 0 saturated carbocycles. The van der Waals surface area contributed by atoms with Crippen molar-refractivity contribution >= 4 is 27.8 Å². The zero-order chi connectivity index (χ0) is 17.3. The Morgan fingerprint density at radius 2 is 1.96 bits per heavy atom. The van der Waals surface area contributed by atoms with Crippen LogP contribution in [0, 0.1) is 6.92 Å². The van der Waals surface area contributed by atoms with E-state index in [-0.39, 0.29) is 16.7 Å². The Morgan fingerprint density at radius 1 is 1.25 bits per heavy atom. The normalized spacial score (nSPS) is 12.6. The molecule has 1 aromatic carbocycles. The minimum atomic E-state index is -1.33. The van der Waals surface area contributed by atoms with Crippen LogP contribution in [0.15, 0.2) is 34.2 Å². The van der Waals surface area contributed by atoms with Gasteiger partial charge in [-0.2, -0.15) is 0 Å². The summed E-state index contributed by atoms with van der Waals surface area (Å²) in [5, 5.41) is 0.165. The smallest absolute Gasteiger partial charge is 0.328 e. The first-order valence-electron chi connectivity index (χ1n) is 7.69. The van der Waals surface area contributed by atoms with Crippen LogP contribution in [0.2, 0.25) is 0 Å². The van der Waals surface area contributed by atoms with Crippen LogP contribution in [0.5, 0.6) is 0 Å². The second-order valence-electron chi connectivity index (χ2n) is 5.64. The number of rotatable bonds is 5. The quantitative estimate of drug-likeness (QED) is 0.683. The van der Waals surface area contributed by atoms with Gasteiger partial charge in [0.25, 0.3) is 0 Å². The van der Waals surface area contributed by atoms with Crippen molar-refractivity contribution in [2.45, 2.75) is 32.0 Å². The van der Waals surface area contributed by atoms with Gasteiger partial charge in [0.2, 0.25) is 5.16 Å². The fourth-order valence-corrected chi connectivity index (χ4v) is 3.37. The predicted octanol–water partition coefficient (Wildman–Crippen LogP) is 1.58. The molecule has 0 aliphatic heterocycles. The summed E-state index contributed by atoms with van der Waals surface area (Å²) in [7, 11) is -1.33. The maximum Gasteiger partial charge on any atom is 0.328 e. The van der Waals surface area contributed by atoms with Gasteiger partial charge >= 0.3 is 5.69 Å². The van der Waals surface area contributed by atoms with E-state index < -0.39 is 10.8 Å². The lowest BCUT2D eigenvalue weighted by Crippen LogP contribution is -2.18. The molecule has 2 aromatic heterocycles. The third-order valence-electron chi connectivity index (χ3n) is 3.68. The molecule has 1 atom stereocenters. The van der Waals surface area contributed by atoms with Gasteiger partial charge in [-0.15, -0.1) is 0 Å². The summed E-state index contributed by atoms with van der Waals surface area (Å²) in [6.45, 7) is 4.30. The highest BCUT2D eigenvalue weighted by atomic mass is 32.2. The first-order chi connectivity index (χ1) is 11.5. The lowest BCUT2D eigenvalue weighted by molar-refractivity contribution is 0.674. The summed E-state index contributed by atoms with van der Waals surface area (Å²) in [5.74, 6) is 0.594. The topological polar surface area (TPSA) is 107 Å². The molecule has 126 valence electrons. The number of nitrogens with two attached hydrogens (primary N) is 1. The van der Waals surface area contributed by atoms with Crippen molar-refractivity contribution in [2.24, 2.45) is 0 Å². The van der Waals surface area contributed by atoms with Gasteiger partial charge in [-0.3, -0.25) is 8.78 Å². The van der Waals surface area contributed by atoms with Crippen molar-refractivity contribution in [1.29, 1.82) is 0 Å². The highest BCUT2D eigenvalue weighted by molar-refractivity contribution is 7.84. The van der Waals surface area contributed by atoms with E-state index in [0.717, 1.165) is 17.5 Å². The minimum absolute atomic E-state index is 0.138. The molecule has 2 heterocycles. The third kappa shape index (κ3) is 3.09. The number of nitrogens with one attached hydrogen (secondary N) is 1. The van der Waals surface area contributed by atoms with E-state index in [1.54, 1.807) is 0 Å². The SMILES string of the molecule is CCCS(=O)c1nc(N)c2[nH]c(=O)n(Cc3ccc(C)cc3)c2n1. The van der Waals surface area contributed by atoms with E-state index in [1.807, 2.05) is 38.1 Å². The van der Waals surface area contributed by atoms with E-state index >= 15 is 0 Å². The average molecular weight is 345 g/mol. The monoisotopic (exact) mass is 345 g/mol. The molecule has 24 heavy (non-hydrogen) atoms. The van der Waals surface area contributed by atoms with E-state index in [4.69, 9.17) is 5.73 Å². The first kappa shape index (κ1) is 16.4. The number of nitrogens with zero attached hydrogens (tertiary/aromatic N) is 3. The highest BCUT2D eigenvalue weighted by Gasteiger charge is 2.16. The summed E-state index contributed by atoms with van der Waals surface area (Å²) >= 11 is 0. The van der Waals surface area contributed by atoms with Crippen LogP contribution < -0.4 is 11.4 Å². The molecule has 3 aromatic rings. The maximum atomic E-state index is 12.3. The molecule has 0 amide bonds. The van der Waals surface area contributed by atoms with Crippen molar-refractivity contribution in [2.75, 3.05) is 11.5 Å². The number of fused-ring (bicyclic) bond motifs is 1. The molecular weight excluding hydrogens is 326 g/mol. The molecule has 0 spiro atoms. The fraction of sp³-hybridized carbons (Fsp3) is 0.312. The number of nitrogen functional groups attached to an aromatic ring is 1. The van der Waals surface area contributed by atoms with Crippen LogP contribution in [-0.2, 0) is 17.3 Å². The van der Waals surface area contributed by atoms with Crippen LogP contribution in [0.1, 0.15) is 24.5 Å². The van der Waals surface area contributed by atoms with E-state index in [1.165, 1.54) is 4.57 Å². The molecule has 1 unspecified atom stereocenters. The van der Waals surface area contributed by atoms with Gasteiger partial charge in [0.1, 0.15) is 5.52 Å². The molecule has 7 nitrogen and oxygen atoms in total. The Hall–Kier alpha value is -2.48. The molecule has 0 radical (unpaired) electrons. The lowest BCUT2D eigenvalue weighted by Gasteiger charge is -2.06. The largest absolute Gasteiger partial charge is 0.382 e. The number of hydrogen-bond acceptors (Lipinski definition) is 5. The molecule has 0 saturated heterocycles. The first-order valence-corrected chi connectivity index (χ1v) is 9.01. The Labute approximate surface area is 141 Å². The van der Waals surface area contributed by atoms with Gasteiger partial charge in [-0.1, -0.05) is 36.8 Å². The van der Waals surface area contributed by atoms with Gasteiger partial charge < -0.3 is 10.7 Å². The molecule has 0 aliphatic rings. The standard InChI is InChI=1S/C16H19N5O2S/c1-3-8-24(23)15-19-13(17)12-14(20-15)21(16(22)18-12)9-11-6-4-10(2)5-7-11/h4-7H,3,8-9H2,1-2H3,(H,18,22)(H2,17,19,20). The van der Waals surface area contributed by atoms with Crippen molar-refractivity contribution in [3.05, 3.63) is 45.9 Å². The zero-order valence-electron chi connectivity index (χ0n) is 13.6. The lowest BCUT2D eigenvalue weighted by atomic mass is 10.1. The van der Waals surface area contributed by atoms with Crippen molar-refractivity contribution in [3.8, 4) is 0 Å². The molecule has 8 heteroatoms. The number of aryl methyl sites for hydroxylation is 1. The van der Waals surface area contributed by atoms with E-state index in [9.17, 15) is 9.00 Å². The number of benzene rings is 1. The van der Waals surface area contributed by atoms with Crippen LogP contribution in [0.25, 0.3) is 11.2 Å². The summed E-state index contributed by atoms with van der Waals surface area (Å²) < 4.78 is 13.7. The maximum absolute atomic E-state index is 12.3. The molecule has 3 rings (SSSR count). The van der Waals surface area contributed by atoms with Crippen molar-refractivity contribution < 1.29 is 4.21 Å². The van der Waals surface area contributed by atoms with Crippen LogP contribution in [0.4, 0.5) is 5.82 Å². The summed E-state index contributed by atoms with van der Waals surface area (Å²) in [5.41, 5.74) is 8.48. The Bertz CT molecular complexity index is 959. The number of imidazole rings is 1. The zero-order valence-corrected chi connectivity index (χ0v) is 14.4. The number of H-pyrrole nitrogens is 1. The fourth-order valence-electron chi connectivity index (χ4n) is 2.43. The van der Waals surface area contributed by atoms with Crippen molar-refractivity contribution in [1.82, 2.24) is 19.5 Å². The van der Waals surface area contributed by atoms with Gasteiger partial charge in [0.05, 0.1) is 17.3 Å². The summed E-state index contributed by atoms with van der Waals surface area (Å²) in [6, 6.07) is 7.89. The van der Waals surface area contributed by atoms with Crippen LogP contribution >= 0.6 is 0 Å². The van der Waals surface area contributed by atoms with Gasteiger partial charge in [0.15, 0.2) is 11.5 Å². The second kappa shape index (κ2) is 6.56. The average Bonchev–Trinajstić information content (AvgIpc) is 2.87. The molecule has 0 bridgehead atoms. The van der Waals surface area contributed by atoms with Crippen molar-refractivity contribution in [3.63, 3.8) is 0 Å². The third-order valence-corrected chi connectivity index (χ3v) is 5.05. The Balaban J connectivity index is 2.09. The minimum Gasteiger partial charge on any atom is -0.382 e. The van der Waals surface area contributed by atoms with E-state index in [0.29, 0.717) is 23.5 Å². The molecule has 0 aliphatic carbocycles. The van der Waals surface area contributed by atoms with Crippen LogP contribution in [-0.4, -0.2) is 29.5 Å². The van der Waals surface area contributed by atoms with Gasteiger partial charge in [0, 0.05) is 5.75 Å². The summed E-state index contributed by atoms with van der Waals surface area (Å²) in [4.78, 5) is 23.4. The van der Waals surface area contributed by atoms with Gasteiger partial charge in [-0.05, 0) is 18.9 Å². The number of hydrogen-bond donors (Lipinski definition) is 2.